The first kappa shape index (κ1) is 14.7. The molecule has 5 nitrogen and oxygen atoms in total. The van der Waals surface area contributed by atoms with E-state index < -0.39 is 0 Å². The molecule has 0 atom stereocenters. The molecule has 0 amide bonds. The monoisotopic (exact) mass is 281 g/mol. The number of nitrogens with two attached hydrogens (primary N) is 1. The van der Waals surface area contributed by atoms with E-state index in [1.54, 1.807) is 12.1 Å². The quantitative estimate of drug-likeness (QED) is 0.880. The Morgan fingerprint density at radius 2 is 1.81 bits per heavy atom. The number of hydrogen-bond donors (Lipinski definition) is 2. The molecule has 0 fully saturated rings. The Labute approximate surface area is 125 Å². The molecule has 0 aliphatic rings. The molecule has 1 heterocycles. The van der Waals surface area contributed by atoms with Crippen LogP contribution in [0.2, 0.25) is 0 Å². The summed E-state index contributed by atoms with van der Waals surface area (Å²) < 4.78 is 0. The molecule has 0 saturated carbocycles. The number of nitriles is 1. The summed E-state index contributed by atoms with van der Waals surface area (Å²) >= 11 is 0. The maximum absolute atomic E-state index is 8.93. The van der Waals surface area contributed by atoms with Crippen molar-refractivity contribution in [2.45, 2.75) is 13.8 Å². The molecule has 2 aromatic rings. The van der Waals surface area contributed by atoms with Gasteiger partial charge in [-0.05, 0) is 50.2 Å². The molecule has 2 rings (SSSR count). The summed E-state index contributed by atoms with van der Waals surface area (Å²) in [5, 5.41) is 12.1. The molecular weight excluding hydrogens is 262 g/mol. The normalized spacial score (nSPS) is 9.95. The van der Waals surface area contributed by atoms with Gasteiger partial charge in [0.25, 0.3) is 0 Å². The van der Waals surface area contributed by atoms with Crippen LogP contribution in [0.25, 0.3) is 0 Å². The predicted octanol–water partition coefficient (Wildman–Crippen LogP) is 3.13. The van der Waals surface area contributed by atoms with Crippen molar-refractivity contribution >= 4 is 22.9 Å². The first-order valence-corrected chi connectivity index (χ1v) is 6.96. The number of anilines is 4. The summed E-state index contributed by atoms with van der Waals surface area (Å²) in [6, 6.07) is 13.5. The highest BCUT2D eigenvalue weighted by molar-refractivity contribution is 5.63. The molecule has 0 unspecified atom stereocenters. The minimum atomic E-state index is 0.236. The first-order chi connectivity index (χ1) is 10.2. The van der Waals surface area contributed by atoms with Crippen LogP contribution in [-0.4, -0.2) is 18.1 Å². The number of nitrogen functional groups attached to an aromatic ring is 1. The third kappa shape index (κ3) is 3.42. The SMILES string of the molecule is CCN(CC)c1ccc(Nc2ccc(N)c(C#N)n2)cc1. The smallest absolute Gasteiger partial charge is 0.165 e. The van der Waals surface area contributed by atoms with E-state index in [-0.39, 0.29) is 5.69 Å². The summed E-state index contributed by atoms with van der Waals surface area (Å²) in [6.45, 7) is 6.23. The van der Waals surface area contributed by atoms with Crippen LogP contribution >= 0.6 is 0 Å². The van der Waals surface area contributed by atoms with Gasteiger partial charge in [-0.25, -0.2) is 4.98 Å². The fourth-order valence-corrected chi connectivity index (χ4v) is 2.12. The van der Waals surface area contributed by atoms with Crippen LogP contribution < -0.4 is 16.0 Å². The minimum absolute atomic E-state index is 0.236. The van der Waals surface area contributed by atoms with Crippen molar-refractivity contribution in [3.63, 3.8) is 0 Å². The second-order valence-electron chi connectivity index (χ2n) is 4.59. The van der Waals surface area contributed by atoms with Gasteiger partial charge in [-0.2, -0.15) is 5.26 Å². The van der Waals surface area contributed by atoms with Crippen LogP contribution in [-0.2, 0) is 0 Å². The van der Waals surface area contributed by atoms with Crippen molar-refractivity contribution < 1.29 is 0 Å². The highest BCUT2D eigenvalue weighted by Crippen LogP contribution is 2.21. The Morgan fingerprint density at radius 3 is 2.38 bits per heavy atom. The van der Waals surface area contributed by atoms with Crippen LogP contribution in [0.4, 0.5) is 22.9 Å². The molecule has 1 aromatic heterocycles. The van der Waals surface area contributed by atoms with Crippen LogP contribution in [0.1, 0.15) is 19.5 Å². The first-order valence-electron chi connectivity index (χ1n) is 6.96. The molecular formula is C16H19N5. The molecule has 0 spiro atoms. The number of aromatic nitrogens is 1. The molecule has 3 N–H and O–H groups in total. The average molecular weight is 281 g/mol. The Kier molecular flexibility index (Phi) is 4.62. The zero-order valence-corrected chi connectivity index (χ0v) is 12.3. The number of benzene rings is 1. The maximum Gasteiger partial charge on any atom is 0.165 e. The van der Waals surface area contributed by atoms with E-state index in [0.29, 0.717) is 11.5 Å². The fourth-order valence-electron chi connectivity index (χ4n) is 2.12. The average Bonchev–Trinajstić information content (AvgIpc) is 2.52. The molecule has 5 heteroatoms. The summed E-state index contributed by atoms with van der Waals surface area (Å²) in [7, 11) is 0. The van der Waals surface area contributed by atoms with E-state index in [9.17, 15) is 0 Å². The molecule has 21 heavy (non-hydrogen) atoms. The van der Waals surface area contributed by atoms with Crippen molar-refractivity contribution in [2.24, 2.45) is 0 Å². The summed E-state index contributed by atoms with van der Waals surface area (Å²) in [6.07, 6.45) is 0. The number of pyridine rings is 1. The molecule has 0 aliphatic carbocycles. The van der Waals surface area contributed by atoms with Crippen molar-refractivity contribution in [2.75, 3.05) is 29.0 Å². The van der Waals surface area contributed by atoms with Crippen molar-refractivity contribution in [3.8, 4) is 6.07 Å². The number of rotatable bonds is 5. The molecule has 0 radical (unpaired) electrons. The second-order valence-corrected chi connectivity index (χ2v) is 4.59. The van der Waals surface area contributed by atoms with Gasteiger partial charge in [0, 0.05) is 24.5 Å². The van der Waals surface area contributed by atoms with Gasteiger partial charge < -0.3 is 16.0 Å². The standard InChI is InChI=1S/C16H19N5/c1-3-21(4-2)13-7-5-12(6-8-13)19-16-10-9-14(18)15(11-17)20-16/h5-10H,3-4,18H2,1-2H3,(H,19,20). The number of hydrogen-bond acceptors (Lipinski definition) is 5. The topological polar surface area (TPSA) is 78.0 Å². The zero-order chi connectivity index (χ0) is 15.2. The molecule has 0 saturated heterocycles. The Balaban J connectivity index is 2.15. The highest BCUT2D eigenvalue weighted by atomic mass is 15.1. The van der Waals surface area contributed by atoms with Gasteiger partial charge in [-0.1, -0.05) is 0 Å². The van der Waals surface area contributed by atoms with E-state index in [4.69, 9.17) is 11.0 Å². The third-order valence-electron chi connectivity index (χ3n) is 3.30. The summed E-state index contributed by atoms with van der Waals surface area (Å²) in [5.41, 5.74) is 8.40. The lowest BCUT2D eigenvalue weighted by atomic mass is 10.2. The highest BCUT2D eigenvalue weighted by Gasteiger charge is 2.04. The van der Waals surface area contributed by atoms with Crippen LogP contribution in [0.3, 0.4) is 0 Å². The summed E-state index contributed by atoms with van der Waals surface area (Å²) in [5.74, 6) is 0.608. The lowest BCUT2D eigenvalue weighted by molar-refractivity contribution is 0.866. The van der Waals surface area contributed by atoms with Gasteiger partial charge in [-0.15, -0.1) is 0 Å². The van der Waals surface area contributed by atoms with Gasteiger partial charge in [0.1, 0.15) is 11.9 Å². The molecule has 0 aliphatic heterocycles. The minimum Gasteiger partial charge on any atom is -0.396 e. The van der Waals surface area contributed by atoms with Crippen LogP contribution in [0.15, 0.2) is 36.4 Å². The van der Waals surface area contributed by atoms with Crippen molar-refractivity contribution in [1.29, 1.82) is 5.26 Å². The summed E-state index contributed by atoms with van der Waals surface area (Å²) in [4.78, 5) is 6.45. The molecule has 0 bridgehead atoms. The van der Waals surface area contributed by atoms with Crippen LogP contribution in [0.5, 0.6) is 0 Å². The second kappa shape index (κ2) is 6.62. The Bertz CT molecular complexity index is 639. The van der Waals surface area contributed by atoms with Gasteiger partial charge in [0.15, 0.2) is 5.69 Å². The largest absolute Gasteiger partial charge is 0.396 e. The lowest BCUT2D eigenvalue weighted by Crippen LogP contribution is -2.21. The van der Waals surface area contributed by atoms with Gasteiger partial charge in [0.2, 0.25) is 0 Å². The van der Waals surface area contributed by atoms with Crippen molar-refractivity contribution in [3.05, 3.63) is 42.1 Å². The molecule has 1 aromatic carbocycles. The van der Waals surface area contributed by atoms with E-state index in [2.05, 4.69) is 41.2 Å². The van der Waals surface area contributed by atoms with E-state index in [0.717, 1.165) is 18.8 Å². The number of nitrogens with one attached hydrogen (secondary N) is 1. The van der Waals surface area contributed by atoms with Crippen molar-refractivity contribution in [1.82, 2.24) is 4.98 Å². The van der Waals surface area contributed by atoms with Crippen LogP contribution in [0, 0.1) is 11.3 Å². The fraction of sp³-hybridized carbons (Fsp3) is 0.250. The zero-order valence-electron chi connectivity index (χ0n) is 12.3. The third-order valence-corrected chi connectivity index (χ3v) is 3.30. The van der Waals surface area contributed by atoms with E-state index >= 15 is 0 Å². The lowest BCUT2D eigenvalue weighted by Gasteiger charge is -2.21. The van der Waals surface area contributed by atoms with Gasteiger partial charge >= 0.3 is 0 Å². The molecule has 108 valence electrons. The van der Waals surface area contributed by atoms with Gasteiger partial charge in [0.05, 0.1) is 5.69 Å². The van der Waals surface area contributed by atoms with Gasteiger partial charge in [-0.3, -0.25) is 0 Å². The predicted molar refractivity (Wildman–Crippen MR) is 86.7 cm³/mol. The van der Waals surface area contributed by atoms with E-state index in [1.807, 2.05) is 18.2 Å². The Hall–Kier alpha value is -2.74. The number of nitrogens with zero attached hydrogens (tertiary/aromatic N) is 3. The maximum atomic E-state index is 8.93. The Morgan fingerprint density at radius 1 is 1.14 bits per heavy atom. The van der Waals surface area contributed by atoms with E-state index in [1.165, 1.54) is 5.69 Å².